The van der Waals surface area contributed by atoms with Gasteiger partial charge < -0.3 is 19.4 Å². The van der Waals surface area contributed by atoms with Crippen LogP contribution in [-0.4, -0.2) is 46.8 Å². The van der Waals surface area contributed by atoms with Crippen LogP contribution in [0.3, 0.4) is 0 Å². The molecule has 0 atom stereocenters. The third kappa shape index (κ3) is 4.40. The maximum atomic E-state index is 14.9. The van der Waals surface area contributed by atoms with Gasteiger partial charge in [-0.15, -0.1) is 0 Å². The number of benzene rings is 1. The minimum absolute atomic E-state index is 0.160. The van der Waals surface area contributed by atoms with E-state index < -0.39 is 17.2 Å². The van der Waals surface area contributed by atoms with Crippen molar-refractivity contribution in [3.8, 4) is 16.9 Å². The van der Waals surface area contributed by atoms with E-state index in [0.717, 1.165) is 24.7 Å². The summed E-state index contributed by atoms with van der Waals surface area (Å²) in [5.41, 5.74) is 1.49. The summed E-state index contributed by atoms with van der Waals surface area (Å²) in [6, 6.07) is 5.90. The molecule has 4 rings (SSSR count). The van der Waals surface area contributed by atoms with Gasteiger partial charge >= 0.3 is 6.09 Å². The van der Waals surface area contributed by atoms with Crippen LogP contribution >= 0.6 is 0 Å². The van der Waals surface area contributed by atoms with Gasteiger partial charge in [-0.2, -0.15) is 0 Å². The number of piperidine rings is 1. The number of rotatable bonds is 3. The highest BCUT2D eigenvalue weighted by Crippen LogP contribution is 2.39. The highest BCUT2D eigenvalue weighted by atomic mass is 19.1. The number of likely N-dealkylation sites (tertiary alicyclic amines) is 1. The number of halogens is 2. The number of hydrogen-bond acceptors (Lipinski definition) is 4. The molecule has 2 aromatic heterocycles. The summed E-state index contributed by atoms with van der Waals surface area (Å²) < 4.78 is 39.6. The molecule has 1 fully saturated rings. The number of pyridine rings is 1. The fourth-order valence-corrected chi connectivity index (χ4v) is 4.14. The SMILES string of the molecule is COc1ccc(F)cc1-c1c(F)cnc2[nH]c(C3CCN(C(=O)OC(C)(C)C)CC3)cc12. The van der Waals surface area contributed by atoms with E-state index >= 15 is 0 Å². The first-order valence-electron chi connectivity index (χ1n) is 10.6. The summed E-state index contributed by atoms with van der Waals surface area (Å²) in [5.74, 6) is -0.485. The predicted octanol–water partition coefficient (Wildman–Crippen LogP) is 5.63. The van der Waals surface area contributed by atoms with Crippen molar-refractivity contribution in [2.75, 3.05) is 20.2 Å². The number of ether oxygens (including phenoxy) is 2. The Morgan fingerprint density at radius 1 is 1.19 bits per heavy atom. The second-order valence-electron chi connectivity index (χ2n) is 9.05. The first kappa shape index (κ1) is 22.0. The highest BCUT2D eigenvalue weighted by Gasteiger charge is 2.29. The molecule has 0 radical (unpaired) electrons. The molecule has 1 saturated heterocycles. The van der Waals surface area contributed by atoms with Crippen molar-refractivity contribution in [2.24, 2.45) is 0 Å². The van der Waals surface area contributed by atoms with E-state index in [-0.39, 0.29) is 17.6 Å². The molecular formula is C24H27F2N3O3. The van der Waals surface area contributed by atoms with Crippen molar-refractivity contribution in [1.29, 1.82) is 0 Å². The lowest BCUT2D eigenvalue weighted by molar-refractivity contribution is 0.0204. The maximum absolute atomic E-state index is 14.9. The predicted molar refractivity (Wildman–Crippen MR) is 118 cm³/mol. The molecule has 0 unspecified atom stereocenters. The Morgan fingerprint density at radius 2 is 1.91 bits per heavy atom. The Labute approximate surface area is 185 Å². The van der Waals surface area contributed by atoms with Gasteiger partial charge in [-0.1, -0.05) is 0 Å². The molecule has 1 aliphatic rings. The van der Waals surface area contributed by atoms with Gasteiger partial charge in [0.25, 0.3) is 0 Å². The van der Waals surface area contributed by atoms with Crippen LogP contribution in [0.1, 0.15) is 45.2 Å². The Kier molecular flexibility index (Phi) is 5.79. The molecule has 0 aliphatic carbocycles. The molecule has 170 valence electrons. The average molecular weight is 443 g/mol. The molecule has 32 heavy (non-hydrogen) atoms. The second-order valence-corrected chi connectivity index (χ2v) is 9.05. The molecule has 6 nitrogen and oxygen atoms in total. The first-order valence-corrected chi connectivity index (χ1v) is 10.6. The Morgan fingerprint density at radius 3 is 2.56 bits per heavy atom. The van der Waals surface area contributed by atoms with Gasteiger partial charge in [0.1, 0.15) is 28.6 Å². The van der Waals surface area contributed by atoms with E-state index in [9.17, 15) is 13.6 Å². The van der Waals surface area contributed by atoms with E-state index in [4.69, 9.17) is 9.47 Å². The van der Waals surface area contributed by atoms with Crippen molar-refractivity contribution < 1.29 is 23.0 Å². The summed E-state index contributed by atoms with van der Waals surface area (Å²) in [6.07, 6.45) is 2.31. The van der Waals surface area contributed by atoms with E-state index in [0.29, 0.717) is 35.4 Å². The first-order chi connectivity index (χ1) is 15.2. The lowest BCUT2D eigenvalue weighted by Gasteiger charge is -2.33. The van der Waals surface area contributed by atoms with Crippen molar-refractivity contribution >= 4 is 17.1 Å². The van der Waals surface area contributed by atoms with Crippen LogP contribution in [-0.2, 0) is 4.74 Å². The van der Waals surface area contributed by atoms with Crippen LogP contribution in [0.5, 0.6) is 5.75 Å². The van der Waals surface area contributed by atoms with Gasteiger partial charge in [-0.05, 0) is 57.9 Å². The summed E-state index contributed by atoms with van der Waals surface area (Å²) >= 11 is 0. The largest absolute Gasteiger partial charge is 0.496 e. The lowest BCUT2D eigenvalue weighted by atomic mass is 9.93. The van der Waals surface area contributed by atoms with Crippen molar-refractivity contribution in [3.05, 3.63) is 47.8 Å². The topological polar surface area (TPSA) is 67.5 Å². The summed E-state index contributed by atoms with van der Waals surface area (Å²) in [4.78, 5) is 21.5. The number of carbonyl (C=O) groups excluding carboxylic acids is 1. The molecule has 0 saturated carbocycles. The molecule has 8 heteroatoms. The molecule has 0 bridgehead atoms. The number of hydrogen-bond donors (Lipinski definition) is 1. The normalized spacial score (nSPS) is 15.2. The van der Waals surface area contributed by atoms with Gasteiger partial charge in [0.05, 0.1) is 13.3 Å². The zero-order chi connectivity index (χ0) is 23.0. The number of amides is 1. The fraction of sp³-hybridized carbons (Fsp3) is 0.417. The number of methoxy groups -OCH3 is 1. The van der Waals surface area contributed by atoms with Gasteiger partial charge in [-0.25, -0.2) is 18.6 Å². The number of nitrogens with one attached hydrogen (secondary N) is 1. The van der Waals surface area contributed by atoms with E-state index in [1.165, 1.54) is 25.3 Å². The van der Waals surface area contributed by atoms with Gasteiger partial charge in [0, 0.05) is 41.2 Å². The Balaban J connectivity index is 1.62. The minimum atomic E-state index is -0.549. The van der Waals surface area contributed by atoms with Crippen LogP contribution in [0.25, 0.3) is 22.2 Å². The second kappa shape index (κ2) is 8.41. The number of aromatic nitrogens is 2. The van der Waals surface area contributed by atoms with Crippen LogP contribution in [0.15, 0.2) is 30.5 Å². The van der Waals surface area contributed by atoms with Crippen molar-refractivity contribution in [2.45, 2.75) is 45.1 Å². The fourth-order valence-electron chi connectivity index (χ4n) is 4.14. The van der Waals surface area contributed by atoms with Crippen LogP contribution in [0, 0.1) is 11.6 Å². The molecule has 3 aromatic rings. The highest BCUT2D eigenvalue weighted by molar-refractivity contribution is 5.95. The Bertz CT molecular complexity index is 1150. The Hall–Kier alpha value is -3.16. The van der Waals surface area contributed by atoms with Crippen molar-refractivity contribution in [3.63, 3.8) is 0 Å². The monoisotopic (exact) mass is 443 g/mol. The zero-order valence-electron chi connectivity index (χ0n) is 18.7. The zero-order valence-corrected chi connectivity index (χ0v) is 18.7. The standard InChI is InChI=1S/C24H27F2N3O3/c1-24(2,3)32-23(30)29-9-7-14(8-10-29)19-12-17-21(18(26)13-27-22(17)28-19)16-11-15(25)5-6-20(16)31-4/h5-6,11-14H,7-10H2,1-4H3,(H,27,28). The summed E-state index contributed by atoms with van der Waals surface area (Å²) in [5, 5.41) is 0.568. The molecular weight excluding hydrogens is 416 g/mol. The van der Waals surface area contributed by atoms with E-state index in [1.807, 2.05) is 26.8 Å². The van der Waals surface area contributed by atoms with Crippen LogP contribution in [0.4, 0.5) is 13.6 Å². The molecule has 1 amide bonds. The van der Waals surface area contributed by atoms with E-state index in [1.54, 1.807) is 4.90 Å². The van der Waals surface area contributed by atoms with Gasteiger partial charge in [0.15, 0.2) is 0 Å². The smallest absolute Gasteiger partial charge is 0.410 e. The number of fused-ring (bicyclic) bond motifs is 1. The number of H-pyrrole nitrogens is 1. The summed E-state index contributed by atoms with van der Waals surface area (Å²) in [7, 11) is 1.47. The number of carbonyl (C=O) groups is 1. The van der Waals surface area contributed by atoms with Crippen molar-refractivity contribution in [1.82, 2.24) is 14.9 Å². The van der Waals surface area contributed by atoms with Gasteiger partial charge in [0.2, 0.25) is 0 Å². The third-order valence-corrected chi connectivity index (χ3v) is 5.65. The molecule has 1 N–H and O–H groups in total. The lowest BCUT2D eigenvalue weighted by Crippen LogP contribution is -2.41. The van der Waals surface area contributed by atoms with Crippen LogP contribution in [0.2, 0.25) is 0 Å². The molecule has 1 aliphatic heterocycles. The van der Waals surface area contributed by atoms with E-state index in [2.05, 4.69) is 9.97 Å². The van der Waals surface area contributed by atoms with Gasteiger partial charge in [-0.3, -0.25) is 0 Å². The molecule has 3 heterocycles. The number of nitrogens with zero attached hydrogens (tertiary/aromatic N) is 2. The molecule has 1 aromatic carbocycles. The maximum Gasteiger partial charge on any atom is 0.410 e. The van der Waals surface area contributed by atoms with Crippen LogP contribution < -0.4 is 4.74 Å². The summed E-state index contributed by atoms with van der Waals surface area (Å²) in [6.45, 7) is 6.68. The molecule has 0 spiro atoms. The number of aromatic amines is 1. The quantitative estimate of drug-likeness (QED) is 0.570. The average Bonchev–Trinajstić information content (AvgIpc) is 3.17. The third-order valence-electron chi connectivity index (χ3n) is 5.65. The minimum Gasteiger partial charge on any atom is -0.496 e.